The number of anilines is 2. The number of esters is 2. The fourth-order valence-corrected chi connectivity index (χ4v) is 9.75. The van der Waals surface area contributed by atoms with Crippen LogP contribution in [0.1, 0.15) is 68.6 Å². The van der Waals surface area contributed by atoms with Crippen LogP contribution in [0.25, 0.3) is 21.5 Å². The summed E-state index contributed by atoms with van der Waals surface area (Å²) in [6.07, 6.45) is 1.52. The zero-order chi connectivity index (χ0) is 36.0. The second-order valence-electron chi connectivity index (χ2n) is 14.7. The summed E-state index contributed by atoms with van der Waals surface area (Å²) in [5, 5.41) is 3.19. The van der Waals surface area contributed by atoms with Crippen LogP contribution in [0.2, 0.25) is 0 Å². The molecular weight excluding hydrogens is 691 g/mol. The first-order valence-electron chi connectivity index (χ1n) is 17.2. The molecule has 2 atom stereocenters. The van der Waals surface area contributed by atoms with E-state index in [1.807, 2.05) is 42.5 Å². The summed E-state index contributed by atoms with van der Waals surface area (Å²) in [7, 11) is 0. The van der Waals surface area contributed by atoms with Gasteiger partial charge < -0.3 is 19.3 Å². The van der Waals surface area contributed by atoms with Gasteiger partial charge in [0.25, 0.3) is 0 Å². The zero-order valence-electron chi connectivity index (χ0n) is 28.5. The first kappa shape index (κ1) is 33.7. The molecule has 4 aromatic carbocycles. The number of ketones is 1. The molecule has 0 radical (unpaired) electrons. The molecule has 0 unspecified atom stereocenters. The van der Waals surface area contributed by atoms with E-state index in [-0.39, 0.29) is 41.7 Å². The summed E-state index contributed by atoms with van der Waals surface area (Å²) in [5.74, 6) is 0.0177. The highest BCUT2D eigenvalue weighted by atomic mass is 35.5. The Morgan fingerprint density at radius 1 is 0.667 bits per heavy atom. The third-order valence-corrected chi connectivity index (χ3v) is 11.9. The molecule has 0 saturated heterocycles. The molecule has 262 valence electrons. The smallest absolute Gasteiger partial charge is 0.308 e. The van der Waals surface area contributed by atoms with E-state index < -0.39 is 22.8 Å². The van der Waals surface area contributed by atoms with Crippen molar-refractivity contribution >= 4 is 85.7 Å². The Hall–Kier alpha value is -4.47. The number of nitrogens with zero attached hydrogens (tertiary/aromatic N) is 2. The molecule has 11 heteroatoms. The number of fused-ring (bicyclic) bond motifs is 6. The second-order valence-corrected chi connectivity index (χ2v) is 15.3. The Bertz CT molecular complexity index is 2210. The van der Waals surface area contributed by atoms with Gasteiger partial charge in [-0.1, -0.05) is 42.5 Å². The molecule has 9 rings (SSSR count). The van der Waals surface area contributed by atoms with Crippen LogP contribution < -0.4 is 19.3 Å². The lowest BCUT2D eigenvalue weighted by Crippen LogP contribution is -2.73. The maximum absolute atomic E-state index is 14.5. The number of alkyl halides is 2. The van der Waals surface area contributed by atoms with Gasteiger partial charge in [0.15, 0.2) is 0 Å². The standard InChI is InChI=1S/C40H36Cl2N2O7/c1-21(45)10-24-8-9-28-30(11-24)36-26(15-42)17-44(32(36)13-34(28)51-23(3)47)38(49)40-18-39(19-40,20-40)37(48)43-16-25(14-41)35-29-7-5-4-6-27(29)33(12-31(35)43)50-22(2)46/h4-9,11-13,25-26H,10,14-20H2,1-3H3/t25-,26+,39?,40?/m1/s1. The molecule has 5 aliphatic rings. The quantitative estimate of drug-likeness (QED) is 0.107. The van der Waals surface area contributed by atoms with E-state index in [1.165, 1.54) is 20.8 Å². The molecule has 0 N–H and O–H groups in total. The normalized spacial score (nSPS) is 24.1. The Morgan fingerprint density at radius 3 is 1.61 bits per heavy atom. The van der Waals surface area contributed by atoms with Crippen LogP contribution in [0.15, 0.2) is 54.6 Å². The van der Waals surface area contributed by atoms with Gasteiger partial charge in [-0.05, 0) is 53.6 Å². The number of benzene rings is 4. The molecule has 2 amide bonds. The van der Waals surface area contributed by atoms with Crippen LogP contribution in [0.4, 0.5) is 11.4 Å². The van der Waals surface area contributed by atoms with Crippen LogP contribution in [0.5, 0.6) is 11.5 Å². The predicted octanol–water partition coefficient (Wildman–Crippen LogP) is 7.18. The van der Waals surface area contributed by atoms with Crippen molar-refractivity contribution < 1.29 is 33.4 Å². The highest BCUT2D eigenvalue weighted by Crippen LogP contribution is 2.75. The van der Waals surface area contributed by atoms with Crippen molar-refractivity contribution in [3.8, 4) is 11.5 Å². The van der Waals surface area contributed by atoms with E-state index in [4.69, 9.17) is 32.7 Å². The molecule has 0 aromatic heterocycles. The summed E-state index contributed by atoms with van der Waals surface area (Å²) in [6.45, 7) is 4.99. The maximum Gasteiger partial charge on any atom is 0.308 e. The van der Waals surface area contributed by atoms with E-state index in [9.17, 15) is 24.0 Å². The second kappa shape index (κ2) is 12.1. The highest BCUT2D eigenvalue weighted by Gasteiger charge is 2.76. The summed E-state index contributed by atoms with van der Waals surface area (Å²) >= 11 is 13.0. The molecular formula is C40H36Cl2N2O7. The van der Waals surface area contributed by atoms with Gasteiger partial charge in [-0.25, -0.2) is 0 Å². The molecule has 3 fully saturated rings. The number of rotatable bonds is 8. The monoisotopic (exact) mass is 726 g/mol. The molecule has 2 bridgehead atoms. The van der Waals surface area contributed by atoms with Gasteiger partial charge in [0, 0.05) is 79.9 Å². The molecule has 2 aliphatic heterocycles. The zero-order valence-corrected chi connectivity index (χ0v) is 30.0. The van der Waals surface area contributed by atoms with Crippen molar-refractivity contribution in [3.05, 3.63) is 71.3 Å². The van der Waals surface area contributed by atoms with Crippen molar-refractivity contribution in [2.75, 3.05) is 34.6 Å². The Labute approximate surface area is 304 Å². The Balaban J connectivity index is 1.10. The van der Waals surface area contributed by atoms with Gasteiger partial charge in [0.2, 0.25) is 11.8 Å². The van der Waals surface area contributed by atoms with Gasteiger partial charge >= 0.3 is 11.9 Å². The Kier molecular flexibility index (Phi) is 7.96. The number of halogens is 2. The van der Waals surface area contributed by atoms with Crippen LogP contribution in [-0.2, 0) is 30.4 Å². The fraction of sp³-hybridized carbons (Fsp3) is 0.375. The van der Waals surface area contributed by atoms with Crippen molar-refractivity contribution in [1.29, 1.82) is 0 Å². The summed E-state index contributed by atoms with van der Waals surface area (Å²) in [4.78, 5) is 68.6. The van der Waals surface area contributed by atoms with E-state index in [2.05, 4.69) is 0 Å². The van der Waals surface area contributed by atoms with Gasteiger partial charge in [-0.2, -0.15) is 0 Å². The summed E-state index contributed by atoms with van der Waals surface area (Å²) in [5.41, 5.74) is 2.64. The number of Topliss-reactive ketones (excluding diaryl/α,β-unsaturated/α-hetero) is 1. The first-order valence-corrected chi connectivity index (χ1v) is 18.2. The average molecular weight is 728 g/mol. The lowest BCUT2D eigenvalue weighted by molar-refractivity contribution is -0.205. The van der Waals surface area contributed by atoms with E-state index >= 15 is 0 Å². The number of carbonyl (C=O) groups is 5. The van der Waals surface area contributed by atoms with Gasteiger partial charge in [-0.15, -0.1) is 23.2 Å². The van der Waals surface area contributed by atoms with Crippen molar-refractivity contribution in [3.63, 3.8) is 0 Å². The van der Waals surface area contributed by atoms with Crippen LogP contribution in [0.3, 0.4) is 0 Å². The SMILES string of the molecule is CC(=O)Cc1ccc2c(OC(C)=O)cc3c(c2c1)[C@@H](CCl)CN3C(=O)C12CC(C(=O)N3C[C@@H](CCl)c4c3cc(OC(C)=O)c3ccccc43)(C1)C2. The van der Waals surface area contributed by atoms with Gasteiger partial charge in [0.1, 0.15) is 17.3 Å². The number of hydrogen-bond acceptors (Lipinski definition) is 7. The third kappa shape index (κ3) is 5.14. The summed E-state index contributed by atoms with van der Waals surface area (Å²) in [6, 6.07) is 16.8. The van der Waals surface area contributed by atoms with Crippen LogP contribution >= 0.6 is 23.2 Å². The summed E-state index contributed by atoms with van der Waals surface area (Å²) < 4.78 is 11.3. The van der Waals surface area contributed by atoms with Gasteiger partial charge in [-0.3, -0.25) is 24.0 Å². The van der Waals surface area contributed by atoms with Crippen molar-refractivity contribution in [2.45, 2.75) is 58.3 Å². The van der Waals surface area contributed by atoms with Crippen LogP contribution in [0, 0.1) is 10.8 Å². The molecule has 3 saturated carbocycles. The Morgan fingerprint density at radius 2 is 1.14 bits per heavy atom. The minimum absolute atomic E-state index is 0.0220. The van der Waals surface area contributed by atoms with Crippen molar-refractivity contribution in [2.24, 2.45) is 10.8 Å². The molecule has 0 spiro atoms. The predicted molar refractivity (Wildman–Crippen MR) is 195 cm³/mol. The fourth-order valence-electron chi connectivity index (χ4n) is 9.25. The topological polar surface area (TPSA) is 110 Å². The molecule has 2 heterocycles. The maximum atomic E-state index is 14.5. The molecule has 9 nitrogen and oxygen atoms in total. The number of hydrogen-bond donors (Lipinski definition) is 0. The minimum Gasteiger partial charge on any atom is -0.426 e. The third-order valence-electron chi connectivity index (χ3n) is 11.2. The lowest BCUT2D eigenvalue weighted by atomic mass is 9.34. The number of carbonyl (C=O) groups excluding carboxylic acids is 5. The van der Waals surface area contributed by atoms with E-state index in [1.54, 1.807) is 21.9 Å². The molecule has 4 aromatic rings. The minimum atomic E-state index is -0.693. The van der Waals surface area contributed by atoms with Gasteiger partial charge in [0.05, 0.1) is 22.2 Å². The lowest BCUT2D eigenvalue weighted by Gasteiger charge is -2.69. The molecule has 3 aliphatic carbocycles. The number of amides is 2. The van der Waals surface area contributed by atoms with Crippen LogP contribution in [-0.4, -0.2) is 54.4 Å². The highest BCUT2D eigenvalue weighted by molar-refractivity contribution is 6.20. The van der Waals surface area contributed by atoms with Crippen molar-refractivity contribution in [1.82, 2.24) is 0 Å². The van der Waals surface area contributed by atoms with E-state index in [0.717, 1.165) is 32.8 Å². The largest absolute Gasteiger partial charge is 0.426 e. The number of ether oxygens (including phenoxy) is 2. The van der Waals surface area contributed by atoms with E-state index in [0.29, 0.717) is 66.5 Å². The molecule has 51 heavy (non-hydrogen) atoms. The average Bonchev–Trinajstić information content (AvgIpc) is 3.61. The first-order chi connectivity index (χ1) is 24.4.